The minimum Gasteiger partial charge on any atom is -0.419 e. The highest BCUT2D eigenvalue weighted by molar-refractivity contribution is 9.10. The Morgan fingerprint density at radius 3 is 1.94 bits per heavy atom. The van der Waals surface area contributed by atoms with Crippen molar-refractivity contribution < 1.29 is 54.0 Å². The zero-order valence-corrected chi connectivity index (χ0v) is 17.8. The lowest BCUT2D eigenvalue weighted by Crippen LogP contribution is -2.45. The van der Waals surface area contributed by atoms with E-state index in [9.17, 15) is 54.5 Å². The van der Waals surface area contributed by atoms with Gasteiger partial charge in [0.2, 0.25) is 0 Å². The summed E-state index contributed by atoms with van der Waals surface area (Å²) in [7, 11) is -5.32. The van der Waals surface area contributed by atoms with Crippen LogP contribution in [0.4, 0.5) is 37.7 Å². The molecule has 0 aromatic heterocycles. The molecule has 33 heavy (non-hydrogen) atoms. The molecule has 0 aliphatic rings. The Bertz CT molecular complexity index is 1210. The normalized spacial score (nSPS) is 12.2. The predicted octanol–water partition coefficient (Wildman–Crippen LogP) is 4.11. The molecule has 0 atom stereocenters. The van der Waals surface area contributed by atoms with Crippen LogP contribution >= 0.6 is 15.9 Å². The van der Waals surface area contributed by atoms with Gasteiger partial charge < -0.3 is 4.74 Å². The van der Waals surface area contributed by atoms with Gasteiger partial charge in [-0.25, -0.2) is 13.2 Å². The summed E-state index contributed by atoms with van der Waals surface area (Å²) in [5, 5.41) is 10.7. The number of carbonyl (C=O) groups excluding carboxylic acids is 2. The van der Waals surface area contributed by atoms with Crippen LogP contribution in [0.2, 0.25) is 0 Å². The first-order valence-electron chi connectivity index (χ1n) is 7.95. The summed E-state index contributed by atoms with van der Waals surface area (Å²) >= 11 is 2.63. The summed E-state index contributed by atoms with van der Waals surface area (Å²) in [5.41, 5.74) is -1.59. The first kappa shape index (κ1) is 26.0. The molecule has 0 heterocycles. The van der Waals surface area contributed by atoms with E-state index in [0.29, 0.717) is 42.5 Å². The van der Waals surface area contributed by atoms with Gasteiger partial charge in [-0.15, -0.1) is 0 Å². The highest BCUT2D eigenvalue weighted by atomic mass is 79.9. The van der Waals surface area contributed by atoms with Crippen molar-refractivity contribution in [1.82, 2.24) is 0 Å². The number of nitro benzene ring substituents is 1. The molecule has 2 aromatic carbocycles. The lowest BCUT2D eigenvalue weighted by molar-refractivity contribution is -0.384. The van der Waals surface area contributed by atoms with E-state index in [0.717, 1.165) is 0 Å². The van der Waals surface area contributed by atoms with Crippen molar-refractivity contribution in [2.45, 2.75) is 17.2 Å². The molecule has 0 N–H and O–H groups in total. The van der Waals surface area contributed by atoms with E-state index in [1.165, 1.54) is 0 Å². The van der Waals surface area contributed by atoms with E-state index < -0.39 is 70.0 Å². The fourth-order valence-electron chi connectivity index (χ4n) is 2.18. The molecule has 17 heteroatoms. The van der Waals surface area contributed by atoms with Crippen molar-refractivity contribution in [3.8, 4) is 5.75 Å². The Kier molecular flexibility index (Phi) is 7.08. The molecule has 0 saturated carbocycles. The number of hydrogen-bond acceptors (Lipinski definition) is 7. The number of non-ortho nitro benzene ring substituents is 1. The minimum atomic E-state index is -5.72. The molecule has 0 aliphatic carbocycles. The van der Waals surface area contributed by atoms with E-state index >= 15 is 0 Å². The highest BCUT2D eigenvalue weighted by Crippen LogP contribution is 2.36. The fraction of sp³-hybridized carbons (Fsp3) is 0.125. The number of sulfonamides is 1. The van der Waals surface area contributed by atoms with Crippen molar-refractivity contribution in [3.63, 3.8) is 0 Å². The number of hydrogen-bond donors (Lipinski definition) is 0. The second kappa shape index (κ2) is 8.97. The Morgan fingerprint density at radius 2 is 1.52 bits per heavy atom. The number of ether oxygens (including phenoxy) is 1. The molecule has 0 spiro atoms. The SMILES string of the molecule is O=C(Oc1ccc(N(C(=O)C(F)(F)F)S(=O)(=O)c2ccc([N+](=O)[O-])cc2)cc1Br)C(F)(F)F. The number of esters is 1. The molecule has 2 rings (SSSR count). The largest absolute Gasteiger partial charge is 0.491 e. The molecule has 1 amide bonds. The van der Waals surface area contributed by atoms with Gasteiger partial charge >= 0.3 is 24.2 Å². The van der Waals surface area contributed by atoms with Crippen LogP contribution in [0.25, 0.3) is 0 Å². The third kappa shape index (κ3) is 5.78. The zero-order chi connectivity index (χ0) is 25.4. The zero-order valence-electron chi connectivity index (χ0n) is 15.3. The lowest BCUT2D eigenvalue weighted by Gasteiger charge is -2.24. The molecule has 0 saturated heterocycles. The van der Waals surface area contributed by atoms with E-state index in [-0.39, 0.29) is 0 Å². The standard InChI is InChI=1S/C16H7BrF6N2O7S/c17-11-7-9(3-6-12(11)32-14(27)16(21,22)23)24(13(26)15(18,19)20)33(30,31)10-4-1-8(2-5-10)25(28)29/h1-7H. The predicted molar refractivity (Wildman–Crippen MR) is 99.7 cm³/mol. The third-order valence-corrected chi connectivity index (χ3v) is 5.94. The Morgan fingerprint density at radius 1 is 0.970 bits per heavy atom. The van der Waals surface area contributed by atoms with E-state index in [2.05, 4.69) is 20.7 Å². The fourth-order valence-corrected chi connectivity index (χ4v) is 4.03. The third-order valence-electron chi connectivity index (χ3n) is 3.60. The van der Waals surface area contributed by atoms with Crippen LogP contribution in [-0.4, -0.2) is 37.6 Å². The molecular formula is C16H7BrF6N2O7S. The van der Waals surface area contributed by atoms with Crippen LogP contribution in [0.15, 0.2) is 51.8 Å². The van der Waals surface area contributed by atoms with Gasteiger partial charge in [0.05, 0.1) is 20.0 Å². The number of rotatable bonds is 5. The van der Waals surface area contributed by atoms with E-state index in [4.69, 9.17) is 0 Å². The smallest absolute Gasteiger partial charge is 0.419 e. The van der Waals surface area contributed by atoms with Crippen molar-refractivity contribution >= 4 is 49.2 Å². The van der Waals surface area contributed by atoms with Gasteiger partial charge in [0.15, 0.2) is 0 Å². The molecule has 9 nitrogen and oxygen atoms in total. The Labute approximate surface area is 187 Å². The summed E-state index contributed by atoms with van der Waals surface area (Å²) in [6, 6.07) is 3.99. The molecule has 0 unspecified atom stereocenters. The molecule has 0 bridgehead atoms. The monoisotopic (exact) mass is 564 g/mol. The van der Waals surface area contributed by atoms with E-state index in [1.807, 2.05) is 0 Å². The number of nitrogens with zero attached hydrogens (tertiary/aromatic N) is 2. The first-order chi connectivity index (χ1) is 15.0. The van der Waals surface area contributed by atoms with Gasteiger partial charge in [0.1, 0.15) is 5.75 Å². The number of amides is 1. The summed E-state index contributed by atoms with van der Waals surface area (Å²) in [4.78, 5) is 31.7. The maximum atomic E-state index is 13.1. The number of carbonyl (C=O) groups is 2. The van der Waals surface area contributed by atoms with Crippen LogP contribution < -0.4 is 9.04 Å². The van der Waals surface area contributed by atoms with Gasteiger partial charge in [-0.1, -0.05) is 0 Å². The van der Waals surface area contributed by atoms with Gasteiger partial charge in [0.25, 0.3) is 15.7 Å². The van der Waals surface area contributed by atoms with Crippen molar-refractivity contribution in [2.75, 3.05) is 4.31 Å². The molecule has 0 radical (unpaired) electrons. The van der Waals surface area contributed by atoms with Gasteiger partial charge in [0, 0.05) is 12.1 Å². The summed E-state index contributed by atoms with van der Waals surface area (Å²) in [6.45, 7) is 0. The second-order valence-electron chi connectivity index (χ2n) is 5.83. The molecular weight excluding hydrogens is 558 g/mol. The summed E-state index contributed by atoms with van der Waals surface area (Å²) < 4.78 is 105. The van der Waals surface area contributed by atoms with Crippen LogP contribution in [0.1, 0.15) is 0 Å². The first-order valence-corrected chi connectivity index (χ1v) is 10.2. The quantitative estimate of drug-likeness (QED) is 0.176. The van der Waals surface area contributed by atoms with Crippen LogP contribution in [0.3, 0.4) is 0 Å². The van der Waals surface area contributed by atoms with Crippen LogP contribution in [-0.2, 0) is 19.6 Å². The maximum absolute atomic E-state index is 13.1. The molecule has 0 fully saturated rings. The highest BCUT2D eigenvalue weighted by Gasteiger charge is 2.48. The molecule has 0 aliphatic heterocycles. The summed E-state index contributed by atoms with van der Waals surface area (Å²) in [6.07, 6.45) is -11.1. The average Bonchev–Trinajstić information content (AvgIpc) is 2.68. The number of benzene rings is 2. The minimum absolute atomic E-state index is 0.482. The van der Waals surface area contributed by atoms with Crippen LogP contribution in [0.5, 0.6) is 5.75 Å². The van der Waals surface area contributed by atoms with Gasteiger partial charge in [-0.05, 0) is 46.3 Å². The van der Waals surface area contributed by atoms with E-state index in [1.54, 1.807) is 0 Å². The Balaban J connectivity index is 2.59. The number of alkyl halides is 6. The average molecular weight is 565 g/mol. The number of anilines is 1. The number of halogens is 7. The number of nitro groups is 1. The maximum Gasteiger partial charge on any atom is 0.491 e. The van der Waals surface area contributed by atoms with Crippen molar-refractivity contribution in [3.05, 3.63) is 57.1 Å². The van der Waals surface area contributed by atoms with Crippen molar-refractivity contribution in [2.24, 2.45) is 0 Å². The second-order valence-corrected chi connectivity index (χ2v) is 8.47. The van der Waals surface area contributed by atoms with Gasteiger partial charge in [-0.2, -0.15) is 30.6 Å². The Hall–Kier alpha value is -3.21. The van der Waals surface area contributed by atoms with Crippen molar-refractivity contribution in [1.29, 1.82) is 0 Å². The summed E-state index contributed by atoms with van der Waals surface area (Å²) in [5.74, 6) is -6.40. The van der Waals surface area contributed by atoms with Crippen LogP contribution in [0, 0.1) is 10.1 Å². The lowest BCUT2D eigenvalue weighted by atomic mass is 10.3. The topological polar surface area (TPSA) is 124 Å². The molecule has 178 valence electrons. The molecule has 2 aromatic rings. The van der Waals surface area contributed by atoms with Gasteiger partial charge in [-0.3, -0.25) is 14.9 Å².